The fraction of sp³-hybridized carbons (Fsp3) is 0.600. The molecular formula is C15H22ClNO. The van der Waals surface area contributed by atoms with Crippen molar-refractivity contribution in [1.29, 1.82) is 0 Å². The van der Waals surface area contributed by atoms with E-state index in [2.05, 4.69) is 24.8 Å². The Morgan fingerprint density at radius 1 is 1.33 bits per heavy atom. The van der Waals surface area contributed by atoms with Crippen molar-refractivity contribution in [3.05, 3.63) is 28.8 Å². The van der Waals surface area contributed by atoms with E-state index in [0.29, 0.717) is 11.1 Å². The van der Waals surface area contributed by atoms with Crippen molar-refractivity contribution in [2.45, 2.75) is 45.8 Å². The van der Waals surface area contributed by atoms with E-state index in [9.17, 15) is 5.11 Å². The third kappa shape index (κ3) is 2.81. The molecule has 0 radical (unpaired) electrons. The number of aliphatic hydroxyl groups is 1. The molecule has 18 heavy (non-hydrogen) atoms. The van der Waals surface area contributed by atoms with Gasteiger partial charge in [0.05, 0.1) is 6.10 Å². The van der Waals surface area contributed by atoms with Crippen LogP contribution in [-0.4, -0.2) is 17.7 Å². The normalized spacial score (nSPS) is 26.2. The molecule has 0 aliphatic carbocycles. The van der Waals surface area contributed by atoms with Gasteiger partial charge in [-0.15, -0.1) is 0 Å². The van der Waals surface area contributed by atoms with Gasteiger partial charge in [0.25, 0.3) is 0 Å². The molecule has 1 heterocycles. The van der Waals surface area contributed by atoms with Crippen LogP contribution in [0.5, 0.6) is 0 Å². The molecule has 3 unspecified atom stereocenters. The molecule has 1 aliphatic heterocycles. The third-order valence-corrected chi connectivity index (χ3v) is 4.21. The van der Waals surface area contributed by atoms with Crippen LogP contribution < -0.4 is 4.90 Å². The molecule has 0 spiro atoms. The van der Waals surface area contributed by atoms with E-state index in [1.807, 2.05) is 12.1 Å². The molecule has 2 rings (SSSR count). The van der Waals surface area contributed by atoms with E-state index < -0.39 is 6.10 Å². The average molecular weight is 268 g/mol. The van der Waals surface area contributed by atoms with E-state index in [4.69, 9.17) is 11.6 Å². The lowest BCUT2D eigenvalue weighted by molar-refractivity contribution is 0.199. The van der Waals surface area contributed by atoms with Gasteiger partial charge in [-0.2, -0.15) is 0 Å². The molecule has 100 valence electrons. The summed E-state index contributed by atoms with van der Waals surface area (Å²) >= 11 is 6.24. The van der Waals surface area contributed by atoms with Gasteiger partial charge in [0, 0.05) is 23.3 Å². The SMILES string of the molecule is CC1CCC(C)N(c2ccc(C(C)O)c(Cl)c2)C1. The minimum atomic E-state index is -0.510. The number of aliphatic hydroxyl groups excluding tert-OH is 1. The van der Waals surface area contributed by atoms with Crippen LogP contribution >= 0.6 is 11.6 Å². The maximum atomic E-state index is 9.60. The van der Waals surface area contributed by atoms with Crippen LogP contribution in [0.3, 0.4) is 0 Å². The molecule has 0 aromatic heterocycles. The van der Waals surface area contributed by atoms with Crippen LogP contribution in [0.15, 0.2) is 18.2 Å². The van der Waals surface area contributed by atoms with Gasteiger partial charge in [0.1, 0.15) is 0 Å². The highest BCUT2D eigenvalue weighted by atomic mass is 35.5. The summed E-state index contributed by atoms with van der Waals surface area (Å²) in [5.41, 5.74) is 1.97. The molecule has 0 bridgehead atoms. The first-order chi connectivity index (χ1) is 8.49. The Kier molecular flexibility index (Phi) is 4.18. The van der Waals surface area contributed by atoms with Gasteiger partial charge in [-0.05, 0) is 50.3 Å². The zero-order chi connectivity index (χ0) is 13.3. The first-order valence-electron chi connectivity index (χ1n) is 6.73. The van der Waals surface area contributed by atoms with E-state index in [0.717, 1.165) is 18.0 Å². The van der Waals surface area contributed by atoms with Gasteiger partial charge in [0.15, 0.2) is 0 Å². The maximum Gasteiger partial charge on any atom is 0.0776 e. The predicted molar refractivity (Wildman–Crippen MR) is 77.3 cm³/mol. The molecule has 3 heteroatoms. The van der Waals surface area contributed by atoms with Crippen molar-refractivity contribution in [3.63, 3.8) is 0 Å². The molecule has 0 amide bonds. The van der Waals surface area contributed by atoms with Crippen LogP contribution in [-0.2, 0) is 0 Å². The number of hydrogen-bond donors (Lipinski definition) is 1. The molecule has 1 saturated heterocycles. The first-order valence-corrected chi connectivity index (χ1v) is 7.11. The summed E-state index contributed by atoms with van der Waals surface area (Å²) < 4.78 is 0. The fourth-order valence-electron chi connectivity index (χ4n) is 2.68. The van der Waals surface area contributed by atoms with Crippen molar-refractivity contribution >= 4 is 17.3 Å². The number of nitrogens with zero attached hydrogens (tertiary/aromatic N) is 1. The van der Waals surface area contributed by atoms with Crippen LogP contribution in [0.1, 0.15) is 45.3 Å². The second-order valence-electron chi connectivity index (χ2n) is 5.57. The van der Waals surface area contributed by atoms with Gasteiger partial charge in [-0.1, -0.05) is 24.6 Å². The summed E-state index contributed by atoms with van der Waals surface area (Å²) in [6.45, 7) is 7.39. The van der Waals surface area contributed by atoms with Crippen molar-refractivity contribution in [2.75, 3.05) is 11.4 Å². The van der Waals surface area contributed by atoms with Crippen LogP contribution in [0.2, 0.25) is 5.02 Å². The minimum absolute atomic E-state index is 0.510. The summed E-state index contributed by atoms with van der Waals surface area (Å²) in [6.07, 6.45) is 2.03. The van der Waals surface area contributed by atoms with Crippen LogP contribution in [0.4, 0.5) is 5.69 Å². The molecule has 1 aliphatic rings. The molecule has 1 aromatic rings. The summed E-state index contributed by atoms with van der Waals surface area (Å²) in [7, 11) is 0. The number of halogens is 1. The lowest BCUT2D eigenvalue weighted by Gasteiger charge is -2.38. The Morgan fingerprint density at radius 2 is 2.06 bits per heavy atom. The number of hydrogen-bond acceptors (Lipinski definition) is 2. The maximum absolute atomic E-state index is 9.60. The molecule has 2 nitrogen and oxygen atoms in total. The quantitative estimate of drug-likeness (QED) is 0.875. The van der Waals surface area contributed by atoms with Crippen molar-refractivity contribution in [2.24, 2.45) is 5.92 Å². The Hall–Kier alpha value is -0.730. The molecule has 1 fully saturated rings. The summed E-state index contributed by atoms with van der Waals surface area (Å²) in [4.78, 5) is 2.42. The summed E-state index contributed by atoms with van der Waals surface area (Å²) in [5.74, 6) is 0.733. The second-order valence-corrected chi connectivity index (χ2v) is 5.97. The smallest absolute Gasteiger partial charge is 0.0776 e. The third-order valence-electron chi connectivity index (χ3n) is 3.88. The Balaban J connectivity index is 2.25. The molecule has 1 aromatic carbocycles. The number of piperidine rings is 1. The fourth-order valence-corrected chi connectivity index (χ4v) is 3.01. The van der Waals surface area contributed by atoms with Crippen molar-refractivity contribution < 1.29 is 5.11 Å². The highest BCUT2D eigenvalue weighted by Crippen LogP contribution is 2.32. The van der Waals surface area contributed by atoms with E-state index in [-0.39, 0.29) is 0 Å². The Morgan fingerprint density at radius 3 is 2.67 bits per heavy atom. The minimum Gasteiger partial charge on any atom is -0.389 e. The molecule has 0 saturated carbocycles. The Bertz CT molecular complexity index is 419. The van der Waals surface area contributed by atoms with E-state index >= 15 is 0 Å². The highest BCUT2D eigenvalue weighted by Gasteiger charge is 2.23. The van der Waals surface area contributed by atoms with Gasteiger partial charge in [0.2, 0.25) is 0 Å². The zero-order valence-corrected chi connectivity index (χ0v) is 12.1. The van der Waals surface area contributed by atoms with Crippen LogP contribution in [0, 0.1) is 5.92 Å². The van der Waals surface area contributed by atoms with Gasteiger partial charge < -0.3 is 10.0 Å². The standard InChI is InChI=1S/C15H22ClNO/c1-10-4-5-11(2)17(9-10)13-6-7-14(12(3)18)15(16)8-13/h6-8,10-12,18H,4-5,9H2,1-3H3. The highest BCUT2D eigenvalue weighted by molar-refractivity contribution is 6.31. The summed E-state index contributed by atoms with van der Waals surface area (Å²) in [5, 5.41) is 10.3. The lowest BCUT2D eigenvalue weighted by Crippen LogP contribution is -2.41. The molecular weight excluding hydrogens is 246 g/mol. The van der Waals surface area contributed by atoms with Gasteiger partial charge in [-0.3, -0.25) is 0 Å². The Labute approximate surface area is 115 Å². The topological polar surface area (TPSA) is 23.5 Å². The predicted octanol–water partition coefficient (Wildman–Crippen LogP) is 4.02. The number of benzene rings is 1. The monoisotopic (exact) mass is 267 g/mol. The first kappa shape index (κ1) is 13.7. The van der Waals surface area contributed by atoms with Crippen molar-refractivity contribution in [3.8, 4) is 0 Å². The molecule has 1 N–H and O–H groups in total. The van der Waals surface area contributed by atoms with Gasteiger partial charge >= 0.3 is 0 Å². The van der Waals surface area contributed by atoms with Gasteiger partial charge in [-0.25, -0.2) is 0 Å². The second kappa shape index (κ2) is 5.50. The lowest BCUT2D eigenvalue weighted by atomic mass is 9.94. The number of anilines is 1. The van der Waals surface area contributed by atoms with Crippen molar-refractivity contribution in [1.82, 2.24) is 0 Å². The summed E-state index contributed by atoms with van der Waals surface area (Å²) in [6, 6.07) is 6.56. The van der Waals surface area contributed by atoms with E-state index in [1.54, 1.807) is 6.92 Å². The zero-order valence-electron chi connectivity index (χ0n) is 11.4. The number of rotatable bonds is 2. The van der Waals surface area contributed by atoms with Crippen LogP contribution in [0.25, 0.3) is 0 Å². The average Bonchev–Trinajstić information content (AvgIpc) is 2.31. The van der Waals surface area contributed by atoms with E-state index in [1.165, 1.54) is 18.5 Å². The molecule has 3 atom stereocenters. The largest absolute Gasteiger partial charge is 0.389 e.